The summed E-state index contributed by atoms with van der Waals surface area (Å²) in [6.07, 6.45) is 1.29. The van der Waals surface area contributed by atoms with Crippen molar-refractivity contribution in [3.8, 4) is 0 Å². The lowest BCUT2D eigenvalue weighted by atomic mass is 10.2. The molecule has 0 aliphatic rings. The van der Waals surface area contributed by atoms with Crippen LogP contribution in [0.4, 0.5) is 15.8 Å². The Morgan fingerprint density at radius 1 is 1.11 bits per heavy atom. The van der Waals surface area contributed by atoms with Crippen molar-refractivity contribution >= 4 is 17.6 Å². The van der Waals surface area contributed by atoms with E-state index >= 15 is 0 Å². The Morgan fingerprint density at radius 3 is 2.50 bits per heavy atom. The summed E-state index contributed by atoms with van der Waals surface area (Å²) in [4.78, 5) is 14.2. The third kappa shape index (κ3) is 2.57. The minimum atomic E-state index is -0.497. The van der Waals surface area contributed by atoms with Crippen LogP contribution in [0.3, 0.4) is 0 Å². The molecule has 0 heterocycles. The highest BCUT2D eigenvalue weighted by Gasteiger charge is 2.10. The van der Waals surface area contributed by atoms with Crippen molar-refractivity contribution in [3.05, 3.63) is 70.0 Å². The van der Waals surface area contributed by atoms with Gasteiger partial charge in [-0.3, -0.25) is 15.1 Å². The maximum absolute atomic E-state index is 13.3. The molecule has 0 saturated heterocycles. The summed E-state index contributed by atoms with van der Waals surface area (Å²) in [6.45, 7) is 0. The molecular formula is C13H9FN2O2. The lowest BCUT2D eigenvalue weighted by molar-refractivity contribution is -0.385. The molecule has 90 valence electrons. The van der Waals surface area contributed by atoms with E-state index in [9.17, 15) is 14.5 Å². The number of aliphatic imine (C=N–C) groups is 1. The first-order valence-electron chi connectivity index (χ1n) is 5.20. The largest absolute Gasteiger partial charge is 0.278 e. The molecule has 0 bridgehead atoms. The molecule has 2 rings (SSSR count). The molecule has 0 aromatic heterocycles. The first-order chi connectivity index (χ1) is 8.68. The van der Waals surface area contributed by atoms with Gasteiger partial charge in [0.1, 0.15) is 5.82 Å². The van der Waals surface area contributed by atoms with E-state index in [0.29, 0.717) is 5.56 Å². The summed E-state index contributed by atoms with van der Waals surface area (Å²) in [5.74, 6) is -0.465. The third-order valence-corrected chi connectivity index (χ3v) is 2.33. The second-order valence-electron chi connectivity index (χ2n) is 3.53. The van der Waals surface area contributed by atoms with Gasteiger partial charge in [0.25, 0.3) is 5.69 Å². The van der Waals surface area contributed by atoms with Crippen LogP contribution in [0.25, 0.3) is 0 Å². The van der Waals surface area contributed by atoms with Crippen LogP contribution in [0.15, 0.2) is 53.5 Å². The van der Waals surface area contributed by atoms with E-state index in [0.717, 1.165) is 0 Å². The summed E-state index contributed by atoms with van der Waals surface area (Å²) in [7, 11) is 0. The van der Waals surface area contributed by atoms with Gasteiger partial charge in [0.15, 0.2) is 0 Å². The van der Waals surface area contributed by atoms with Gasteiger partial charge in [-0.1, -0.05) is 24.3 Å². The second-order valence-corrected chi connectivity index (χ2v) is 3.53. The zero-order valence-electron chi connectivity index (χ0n) is 9.29. The predicted octanol–water partition coefficient (Wildman–Crippen LogP) is 3.48. The van der Waals surface area contributed by atoms with E-state index in [4.69, 9.17) is 0 Å². The topological polar surface area (TPSA) is 55.5 Å². The van der Waals surface area contributed by atoms with Gasteiger partial charge in [-0.15, -0.1) is 0 Å². The highest BCUT2D eigenvalue weighted by Crippen LogP contribution is 2.19. The number of rotatable bonds is 3. The van der Waals surface area contributed by atoms with E-state index in [-0.39, 0.29) is 11.4 Å². The second kappa shape index (κ2) is 5.18. The van der Waals surface area contributed by atoms with Gasteiger partial charge < -0.3 is 0 Å². The molecule has 0 N–H and O–H groups in total. The molecule has 0 saturated carbocycles. The molecule has 4 nitrogen and oxygen atoms in total. The summed E-state index contributed by atoms with van der Waals surface area (Å²) < 4.78 is 13.3. The normalized spacial score (nSPS) is 10.7. The van der Waals surface area contributed by atoms with Crippen molar-refractivity contribution in [1.29, 1.82) is 0 Å². The van der Waals surface area contributed by atoms with E-state index < -0.39 is 10.7 Å². The number of halogens is 1. The zero-order chi connectivity index (χ0) is 13.0. The van der Waals surface area contributed by atoms with Crippen LogP contribution in [0.1, 0.15) is 5.56 Å². The molecule has 0 radical (unpaired) electrons. The molecule has 0 aliphatic carbocycles. The van der Waals surface area contributed by atoms with Crippen molar-refractivity contribution in [3.63, 3.8) is 0 Å². The maximum Gasteiger partial charge on any atom is 0.278 e. The standard InChI is InChI=1S/C13H9FN2O2/c14-11-6-2-3-7-12(11)15-9-10-5-1-4-8-13(10)16(17)18/h1-9H. The van der Waals surface area contributed by atoms with Gasteiger partial charge in [0.2, 0.25) is 0 Å². The SMILES string of the molecule is O=[N+]([O-])c1ccccc1C=Nc1ccccc1F. The highest BCUT2D eigenvalue weighted by molar-refractivity contribution is 5.86. The molecule has 18 heavy (non-hydrogen) atoms. The van der Waals surface area contributed by atoms with Crippen LogP contribution in [-0.2, 0) is 0 Å². The number of benzene rings is 2. The quantitative estimate of drug-likeness (QED) is 0.471. The van der Waals surface area contributed by atoms with Gasteiger partial charge in [-0.2, -0.15) is 0 Å². The number of nitro groups is 1. The van der Waals surface area contributed by atoms with E-state index in [1.165, 1.54) is 24.4 Å². The van der Waals surface area contributed by atoms with Crippen LogP contribution < -0.4 is 0 Å². The van der Waals surface area contributed by atoms with E-state index in [2.05, 4.69) is 4.99 Å². The monoisotopic (exact) mass is 244 g/mol. The molecular weight excluding hydrogens is 235 g/mol. The fourth-order valence-electron chi connectivity index (χ4n) is 1.46. The lowest BCUT2D eigenvalue weighted by Gasteiger charge is -1.97. The number of para-hydroxylation sites is 2. The van der Waals surface area contributed by atoms with Crippen molar-refractivity contribution in [2.75, 3.05) is 0 Å². The smallest absolute Gasteiger partial charge is 0.258 e. The molecule has 2 aromatic carbocycles. The van der Waals surface area contributed by atoms with Crippen LogP contribution in [0, 0.1) is 15.9 Å². The fraction of sp³-hybridized carbons (Fsp3) is 0. The molecule has 0 amide bonds. The molecule has 0 unspecified atom stereocenters. The Labute approximate surface area is 103 Å². The van der Waals surface area contributed by atoms with E-state index in [1.807, 2.05) is 0 Å². The first-order valence-corrected chi connectivity index (χ1v) is 5.20. The number of hydrogen-bond acceptors (Lipinski definition) is 3. The molecule has 5 heteroatoms. The molecule has 0 atom stereocenters. The Kier molecular flexibility index (Phi) is 3.43. The van der Waals surface area contributed by atoms with Crippen molar-refractivity contribution < 1.29 is 9.31 Å². The Morgan fingerprint density at radius 2 is 1.78 bits per heavy atom. The van der Waals surface area contributed by atoms with Crippen LogP contribution in [0.5, 0.6) is 0 Å². The first kappa shape index (κ1) is 11.9. The summed E-state index contributed by atoms with van der Waals surface area (Å²) in [5.41, 5.74) is 0.430. The third-order valence-electron chi connectivity index (χ3n) is 2.33. The predicted molar refractivity (Wildman–Crippen MR) is 66.8 cm³/mol. The zero-order valence-corrected chi connectivity index (χ0v) is 9.29. The minimum Gasteiger partial charge on any atom is -0.258 e. The van der Waals surface area contributed by atoms with Gasteiger partial charge in [-0.05, 0) is 18.2 Å². The van der Waals surface area contributed by atoms with Crippen molar-refractivity contribution in [2.24, 2.45) is 4.99 Å². The number of nitrogens with zero attached hydrogens (tertiary/aromatic N) is 2. The van der Waals surface area contributed by atoms with Gasteiger partial charge >= 0.3 is 0 Å². The van der Waals surface area contributed by atoms with Crippen LogP contribution in [-0.4, -0.2) is 11.1 Å². The van der Waals surface area contributed by atoms with Crippen molar-refractivity contribution in [2.45, 2.75) is 0 Å². The summed E-state index contributed by atoms with van der Waals surface area (Å²) in [6, 6.07) is 12.2. The summed E-state index contributed by atoms with van der Waals surface area (Å²) in [5, 5.41) is 10.8. The van der Waals surface area contributed by atoms with Crippen molar-refractivity contribution in [1.82, 2.24) is 0 Å². The maximum atomic E-state index is 13.3. The Balaban J connectivity index is 2.35. The average Bonchev–Trinajstić information content (AvgIpc) is 2.38. The molecule has 0 spiro atoms. The Bertz CT molecular complexity index is 611. The number of hydrogen-bond donors (Lipinski definition) is 0. The summed E-state index contributed by atoms with van der Waals surface area (Å²) >= 11 is 0. The lowest BCUT2D eigenvalue weighted by Crippen LogP contribution is -1.93. The Hall–Kier alpha value is -2.56. The van der Waals surface area contributed by atoms with Gasteiger partial charge in [0.05, 0.1) is 16.2 Å². The van der Waals surface area contributed by atoms with Crippen LogP contribution in [0.2, 0.25) is 0 Å². The average molecular weight is 244 g/mol. The van der Waals surface area contributed by atoms with Gasteiger partial charge in [0, 0.05) is 12.3 Å². The molecule has 0 aliphatic heterocycles. The number of nitro benzene ring substituents is 1. The minimum absolute atomic E-state index is 0.0578. The molecule has 0 fully saturated rings. The van der Waals surface area contributed by atoms with Gasteiger partial charge in [-0.25, -0.2) is 4.39 Å². The highest BCUT2D eigenvalue weighted by atomic mass is 19.1. The van der Waals surface area contributed by atoms with E-state index in [1.54, 1.807) is 30.3 Å². The molecule has 2 aromatic rings. The van der Waals surface area contributed by atoms with Crippen LogP contribution >= 0.6 is 0 Å². The fourth-order valence-corrected chi connectivity index (χ4v) is 1.46.